The van der Waals surface area contributed by atoms with Gasteiger partial charge in [-0.2, -0.15) is 13.2 Å². The van der Waals surface area contributed by atoms with Crippen LogP contribution in [0.5, 0.6) is 0 Å². The molecule has 1 unspecified atom stereocenters. The second-order valence-corrected chi connectivity index (χ2v) is 11.2. The number of alkyl halides is 3. The maximum atomic E-state index is 15.4. The van der Waals surface area contributed by atoms with Gasteiger partial charge in [0.05, 0.1) is 45.5 Å². The fourth-order valence-corrected chi connectivity index (χ4v) is 5.46. The zero-order valence-corrected chi connectivity index (χ0v) is 25.7. The van der Waals surface area contributed by atoms with Crippen molar-refractivity contribution >= 4 is 56.4 Å². The number of esters is 1. The molecule has 0 amide bonds. The number of aromatic nitrogens is 4. The first-order valence-electron chi connectivity index (χ1n) is 13.8. The monoisotopic (exact) mass is 675 g/mol. The number of carbonyl (C=O) groups excluding carboxylic acids is 1. The summed E-state index contributed by atoms with van der Waals surface area (Å²) < 4.78 is 60.4. The Balaban J connectivity index is 0.000000559. The fraction of sp³-hybridized carbons (Fsp3) is 0.226. The molecule has 6 aromatic rings. The number of carboxylic acids is 1. The van der Waals surface area contributed by atoms with Gasteiger partial charge in [0.25, 0.3) is 5.56 Å². The van der Waals surface area contributed by atoms with Crippen LogP contribution in [0.4, 0.5) is 17.6 Å². The molecular weight excluding hydrogens is 650 g/mol. The molecule has 0 fully saturated rings. The number of furan rings is 1. The summed E-state index contributed by atoms with van der Waals surface area (Å²) in [6.45, 7) is 2.34. The summed E-state index contributed by atoms with van der Waals surface area (Å²) in [5.74, 6) is -3.95. The Morgan fingerprint density at radius 3 is 2.57 bits per heavy atom. The Hall–Kier alpha value is -5.15. The summed E-state index contributed by atoms with van der Waals surface area (Å²) in [5.41, 5.74) is 2.83. The molecule has 0 spiro atoms. The van der Waals surface area contributed by atoms with E-state index in [2.05, 4.69) is 15.0 Å². The molecule has 0 radical (unpaired) electrons. The normalized spacial score (nSPS) is 12.4. The van der Waals surface area contributed by atoms with Crippen LogP contribution >= 0.6 is 11.6 Å². The number of hydrogen-bond acceptors (Lipinski definition) is 7. The van der Waals surface area contributed by atoms with E-state index < -0.39 is 35.6 Å². The van der Waals surface area contributed by atoms with E-state index in [0.717, 1.165) is 5.52 Å². The number of aliphatic carboxylic acids is 1. The van der Waals surface area contributed by atoms with E-state index in [9.17, 15) is 22.8 Å². The Morgan fingerprint density at radius 1 is 1.19 bits per heavy atom. The molecule has 47 heavy (non-hydrogen) atoms. The zero-order valence-electron chi connectivity index (χ0n) is 24.9. The van der Waals surface area contributed by atoms with Gasteiger partial charge in [-0.25, -0.2) is 19.0 Å². The maximum Gasteiger partial charge on any atom is 0.490 e. The number of ether oxygens (including phenoxy) is 1. The molecule has 4 heterocycles. The van der Waals surface area contributed by atoms with E-state index >= 15 is 4.39 Å². The highest BCUT2D eigenvalue weighted by molar-refractivity contribution is 6.32. The van der Waals surface area contributed by atoms with Crippen molar-refractivity contribution in [2.75, 3.05) is 20.6 Å². The van der Waals surface area contributed by atoms with Crippen LogP contribution in [0.2, 0.25) is 5.02 Å². The van der Waals surface area contributed by atoms with Gasteiger partial charge in [0.1, 0.15) is 23.2 Å². The van der Waals surface area contributed by atoms with Gasteiger partial charge >= 0.3 is 18.1 Å². The fourth-order valence-electron chi connectivity index (χ4n) is 5.25. The number of benzene rings is 2. The lowest BCUT2D eigenvalue weighted by Crippen LogP contribution is -2.29. The molecule has 3 N–H and O–H groups in total. The van der Waals surface area contributed by atoms with Crippen LogP contribution in [0.3, 0.4) is 0 Å². The van der Waals surface area contributed by atoms with Crippen molar-refractivity contribution in [1.82, 2.24) is 24.4 Å². The van der Waals surface area contributed by atoms with Crippen molar-refractivity contribution in [3.05, 3.63) is 87.6 Å². The predicted molar refractivity (Wildman–Crippen MR) is 165 cm³/mol. The van der Waals surface area contributed by atoms with Gasteiger partial charge in [0.2, 0.25) is 0 Å². The van der Waals surface area contributed by atoms with Gasteiger partial charge in [-0.3, -0.25) is 4.79 Å². The molecule has 0 aliphatic carbocycles. The van der Waals surface area contributed by atoms with E-state index in [0.29, 0.717) is 33.6 Å². The highest BCUT2D eigenvalue weighted by Crippen LogP contribution is 2.41. The summed E-state index contributed by atoms with van der Waals surface area (Å²) in [6.07, 6.45) is -1.11. The number of nitrogens with one attached hydrogen (secondary N) is 2. The average molecular weight is 676 g/mol. The van der Waals surface area contributed by atoms with Crippen molar-refractivity contribution in [2.24, 2.45) is 0 Å². The van der Waals surface area contributed by atoms with Crippen LogP contribution in [0.15, 0.2) is 64.4 Å². The number of imidazole rings is 1. The molecule has 0 saturated carbocycles. The first kappa shape index (κ1) is 33.2. The van der Waals surface area contributed by atoms with E-state index in [1.165, 1.54) is 24.6 Å². The summed E-state index contributed by atoms with van der Waals surface area (Å²) >= 11 is 6.66. The topological polar surface area (TPSA) is 146 Å². The van der Waals surface area contributed by atoms with Gasteiger partial charge in [-0.1, -0.05) is 11.6 Å². The molecular formula is C31H26ClF4N5O6. The first-order valence-corrected chi connectivity index (χ1v) is 14.2. The number of nitrogens with zero attached hydrogens (tertiary/aromatic N) is 3. The maximum absolute atomic E-state index is 15.4. The summed E-state index contributed by atoms with van der Waals surface area (Å²) in [4.78, 5) is 47.9. The molecule has 2 aromatic carbocycles. The van der Waals surface area contributed by atoms with Crippen molar-refractivity contribution in [2.45, 2.75) is 25.7 Å². The lowest BCUT2D eigenvalue weighted by molar-refractivity contribution is -0.192. The Bertz CT molecular complexity index is 2180. The van der Waals surface area contributed by atoms with Crippen LogP contribution < -0.4 is 5.56 Å². The number of carbonyl (C=O) groups is 2. The second-order valence-electron chi connectivity index (χ2n) is 10.8. The minimum atomic E-state index is -5.08. The summed E-state index contributed by atoms with van der Waals surface area (Å²) in [5, 5.41) is 8.19. The summed E-state index contributed by atoms with van der Waals surface area (Å²) in [7, 11) is 3.75. The van der Waals surface area contributed by atoms with Gasteiger partial charge in [0.15, 0.2) is 0 Å². The van der Waals surface area contributed by atoms with Gasteiger partial charge in [-0.15, -0.1) is 0 Å². The quantitative estimate of drug-likeness (QED) is 0.134. The first-order chi connectivity index (χ1) is 22.2. The minimum Gasteiger partial charge on any atom is -0.475 e. The van der Waals surface area contributed by atoms with E-state index in [1.54, 1.807) is 36.0 Å². The molecule has 0 aliphatic rings. The molecule has 1 atom stereocenters. The smallest absolute Gasteiger partial charge is 0.475 e. The van der Waals surface area contributed by atoms with Crippen molar-refractivity contribution in [3.8, 4) is 11.1 Å². The average Bonchev–Trinajstić information content (AvgIpc) is 3.71. The number of likely N-dealkylation sites (N-methyl/N-ethyl adjacent to an activating group) is 1. The predicted octanol–water partition coefficient (Wildman–Crippen LogP) is 6.20. The van der Waals surface area contributed by atoms with Gasteiger partial charge in [0, 0.05) is 29.9 Å². The number of H-pyrrole nitrogens is 2. The number of carboxylic acid groups (broad SMARTS) is 1. The number of fused-ring (bicyclic) bond motifs is 4. The van der Waals surface area contributed by atoms with E-state index in [-0.39, 0.29) is 34.3 Å². The SMILES string of the molecule is CC(CN(C)C)OC(=O)c1c(-c2ccc[nH]c2=O)c2c3occc3c(F)cc2n1Cc1cc2[nH]cnc2cc1Cl.O=C(O)C(F)(F)F. The lowest BCUT2D eigenvalue weighted by Gasteiger charge is -2.19. The molecule has 4 aromatic heterocycles. The van der Waals surface area contributed by atoms with Crippen molar-refractivity contribution < 1.29 is 41.4 Å². The second kappa shape index (κ2) is 12.9. The molecule has 246 valence electrons. The van der Waals surface area contributed by atoms with Crippen LogP contribution in [-0.4, -0.2) is 74.4 Å². The van der Waals surface area contributed by atoms with Crippen LogP contribution in [0.25, 0.3) is 44.0 Å². The van der Waals surface area contributed by atoms with Crippen LogP contribution in [-0.2, 0) is 16.1 Å². The van der Waals surface area contributed by atoms with Gasteiger partial charge in [-0.05, 0) is 63.0 Å². The largest absolute Gasteiger partial charge is 0.490 e. The Kier molecular flexibility index (Phi) is 9.13. The van der Waals surface area contributed by atoms with Crippen LogP contribution in [0.1, 0.15) is 23.0 Å². The van der Waals surface area contributed by atoms with E-state index in [1.807, 2.05) is 25.1 Å². The molecule has 11 nitrogen and oxygen atoms in total. The Labute approximate surface area is 267 Å². The highest BCUT2D eigenvalue weighted by atomic mass is 35.5. The standard InChI is InChI=1S/C29H25ClFN5O4.C2HF3O2/c1-15(12-35(2)3)40-29(38)26-24(18-5-4-7-32-28(18)37)25-23(11-20(31)17-6-8-39-27(17)25)36(26)13-16-9-21-22(10-19(16)30)34-14-33-21;3-2(4,5)1(6)7/h4-11,14-15H,12-13H2,1-3H3,(H,32,37)(H,33,34);(H,6,7). The number of rotatable bonds is 7. The van der Waals surface area contributed by atoms with Crippen molar-refractivity contribution in [3.63, 3.8) is 0 Å². The summed E-state index contributed by atoms with van der Waals surface area (Å²) in [6, 6.07) is 9.68. The molecule has 0 bridgehead atoms. The third-order valence-corrected chi connectivity index (χ3v) is 7.44. The highest BCUT2D eigenvalue weighted by Gasteiger charge is 2.38. The third-order valence-electron chi connectivity index (χ3n) is 7.09. The van der Waals surface area contributed by atoms with Crippen LogP contribution in [0, 0.1) is 5.82 Å². The lowest BCUT2D eigenvalue weighted by atomic mass is 10.0. The van der Waals surface area contributed by atoms with Crippen molar-refractivity contribution in [1.29, 1.82) is 0 Å². The number of pyridine rings is 1. The zero-order chi connectivity index (χ0) is 34.2. The molecule has 6 rings (SSSR count). The van der Waals surface area contributed by atoms with Gasteiger partial charge < -0.3 is 33.7 Å². The molecule has 0 saturated heterocycles. The van der Waals surface area contributed by atoms with E-state index in [4.69, 9.17) is 30.7 Å². The number of halogens is 5. The minimum absolute atomic E-state index is 0.0766. The number of aromatic amines is 2. The Morgan fingerprint density at radius 2 is 1.91 bits per heavy atom. The third kappa shape index (κ3) is 6.71. The molecule has 0 aliphatic heterocycles. The molecule has 16 heteroatoms. The number of hydrogen-bond donors (Lipinski definition) is 3.